The van der Waals surface area contributed by atoms with Crippen LogP contribution in [0.5, 0.6) is 0 Å². The average molecular weight is 811 g/mol. The van der Waals surface area contributed by atoms with Gasteiger partial charge in [-0.25, -0.2) is 9.97 Å². The fourth-order valence-electron chi connectivity index (χ4n) is 11.7. The number of para-hydroxylation sites is 4. The maximum atomic E-state index is 6.90. The van der Waals surface area contributed by atoms with E-state index in [4.69, 9.17) is 18.8 Å². The van der Waals surface area contributed by atoms with Crippen molar-refractivity contribution in [2.24, 2.45) is 0 Å². The zero-order chi connectivity index (χ0) is 41.4. The normalized spacial score (nSPS) is 12.7. The van der Waals surface area contributed by atoms with Gasteiger partial charge in [-0.2, -0.15) is 0 Å². The van der Waals surface area contributed by atoms with Crippen molar-refractivity contribution < 1.29 is 8.83 Å². The molecule has 0 unspecified atom stereocenters. The van der Waals surface area contributed by atoms with Gasteiger partial charge in [0.05, 0.1) is 11.1 Å². The summed E-state index contributed by atoms with van der Waals surface area (Å²) in [6, 6.07) is 66.0. The lowest BCUT2D eigenvalue weighted by molar-refractivity contribution is 0.619. The number of benzene rings is 12. The molecule has 0 spiro atoms. The second-order valence-corrected chi connectivity index (χ2v) is 17.5. The summed E-state index contributed by atoms with van der Waals surface area (Å²) in [5.74, 6) is 1.19. The fourth-order valence-corrected chi connectivity index (χ4v) is 11.7. The van der Waals surface area contributed by atoms with Gasteiger partial charge in [0.25, 0.3) is 0 Å². The predicted octanol–water partition coefficient (Wildman–Crippen LogP) is 16.7. The van der Waals surface area contributed by atoms with Gasteiger partial charge < -0.3 is 8.83 Å². The van der Waals surface area contributed by atoms with Crippen molar-refractivity contribution in [3.8, 4) is 67.4 Å². The SMILES string of the molecule is c1ccc2c(c1)cc1c3c(cccc32)-c2cc3c(ccc4c3ccc3c(-c5nc6ccccc6o5)c5c(c(-c6nc7ccccc7o6)c34)-c3cccc4c3c-5cc3ccccc34)cc2-1. The smallest absolute Gasteiger partial charge is 0.228 e. The summed E-state index contributed by atoms with van der Waals surface area (Å²) in [5, 5.41) is 16.8. The van der Waals surface area contributed by atoms with E-state index in [2.05, 4.69) is 133 Å². The Balaban J connectivity index is 1.09. The van der Waals surface area contributed by atoms with Gasteiger partial charge in [-0.1, -0.05) is 133 Å². The van der Waals surface area contributed by atoms with Crippen molar-refractivity contribution in [1.82, 2.24) is 9.97 Å². The van der Waals surface area contributed by atoms with Crippen LogP contribution in [-0.2, 0) is 0 Å². The highest BCUT2D eigenvalue weighted by Gasteiger charge is 2.35. The summed E-state index contributed by atoms with van der Waals surface area (Å²) in [6.45, 7) is 0. The van der Waals surface area contributed by atoms with E-state index in [-0.39, 0.29) is 0 Å². The third-order valence-corrected chi connectivity index (χ3v) is 14.3. The number of fused-ring (bicyclic) bond motifs is 17. The van der Waals surface area contributed by atoms with Gasteiger partial charge in [-0.05, 0) is 152 Å². The standard InChI is InChI=1S/C60H30N2O2/c1-3-13-34-31(11-1)28-46-44-27-33-23-24-40-36(43(33)30-45(44)39-17-9-15-37(34)52(39)46)25-26-42-54(40)58(60-62-49-20-6-8-22-51(49)64-60)55-41-18-10-16-38-35-14-4-2-12-32(35)29-47(53(38)41)56(55)57(42)59-61-48-19-5-7-21-50(48)63-59/h1-30H. The number of hydrogen-bond donors (Lipinski definition) is 0. The Kier molecular flexibility index (Phi) is 6.02. The summed E-state index contributed by atoms with van der Waals surface area (Å²) in [5.41, 5.74) is 14.7. The van der Waals surface area contributed by atoms with Gasteiger partial charge >= 0.3 is 0 Å². The minimum absolute atomic E-state index is 0.594. The van der Waals surface area contributed by atoms with Gasteiger partial charge in [0.2, 0.25) is 11.8 Å². The first-order valence-corrected chi connectivity index (χ1v) is 21.9. The first-order valence-electron chi connectivity index (χ1n) is 21.9. The topological polar surface area (TPSA) is 52.1 Å². The lowest BCUT2D eigenvalue weighted by Crippen LogP contribution is -1.95. The Hall–Kier alpha value is -8.60. The fraction of sp³-hybridized carbons (Fsp3) is 0. The summed E-state index contributed by atoms with van der Waals surface area (Å²) in [7, 11) is 0. The molecule has 0 saturated heterocycles. The molecule has 2 heterocycles. The minimum Gasteiger partial charge on any atom is -0.436 e. The van der Waals surface area contributed by atoms with E-state index < -0.39 is 0 Å². The molecule has 64 heavy (non-hydrogen) atoms. The quantitative estimate of drug-likeness (QED) is 0.163. The predicted molar refractivity (Wildman–Crippen MR) is 264 cm³/mol. The monoisotopic (exact) mass is 810 g/mol. The van der Waals surface area contributed by atoms with Crippen LogP contribution in [0.3, 0.4) is 0 Å². The lowest BCUT2D eigenvalue weighted by atomic mass is 9.84. The highest BCUT2D eigenvalue weighted by atomic mass is 16.4. The number of hydrogen-bond acceptors (Lipinski definition) is 4. The summed E-state index contributed by atoms with van der Waals surface area (Å²) >= 11 is 0. The zero-order valence-electron chi connectivity index (χ0n) is 34.0. The van der Waals surface area contributed by atoms with Crippen molar-refractivity contribution >= 4 is 97.6 Å². The molecule has 16 rings (SSSR count). The Bertz CT molecular complexity index is 4430. The Morgan fingerprint density at radius 2 is 0.766 bits per heavy atom. The first-order chi connectivity index (χ1) is 31.7. The molecule has 2 aliphatic rings. The molecular formula is C60H30N2O2. The van der Waals surface area contributed by atoms with Crippen molar-refractivity contribution in [2.45, 2.75) is 0 Å². The molecule has 0 radical (unpaired) electrons. The largest absolute Gasteiger partial charge is 0.436 e. The van der Waals surface area contributed by atoms with E-state index in [0.29, 0.717) is 11.8 Å². The molecule has 0 N–H and O–H groups in total. The Morgan fingerprint density at radius 1 is 0.266 bits per heavy atom. The summed E-state index contributed by atoms with van der Waals surface area (Å²) in [6.07, 6.45) is 0. The highest BCUT2D eigenvalue weighted by molar-refractivity contribution is 6.34. The van der Waals surface area contributed by atoms with Crippen molar-refractivity contribution in [3.63, 3.8) is 0 Å². The molecule has 0 atom stereocenters. The zero-order valence-corrected chi connectivity index (χ0v) is 34.0. The minimum atomic E-state index is 0.594. The van der Waals surface area contributed by atoms with Crippen LogP contribution in [0.2, 0.25) is 0 Å². The third kappa shape index (κ3) is 4.09. The molecule has 2 aliphatic carbocycles. The van der Waals surface area contributed by atoms with Gasteiger partial charge in [-0.3, -0.25) is 0 Å². The van der Waals surface area contributed by atoms with Gasteiger partial charge in [0.1, 0.15) is 11.0 Å². The molecule has 0 fully saturated rings. The molecule has 14 aromatic rings. The van der Waals surface area contributed by atoms with Gasteiger partial charge in [-0.15, -0.1) is 0 Å². The molecule has 0 bridgehead atoms. The van der Waals surface area contributed by atoms with Crippen molar-refractivity contribution in [3.05, 3.63) is 182 Å². The number of aromatic nitrogens is 2. The first kappa shape index (κ1) is 33.1. The number of rotatable bonds is 2. The molecule has 4 nitrogen and oxygen atoms in total. The molecule has 2 aromatic heterocycles. The maximum absolute atomic E-state index is 6.90. The Labute approximate surface area is 364 Å². The molecule has 292 valence electrons. The van der Waals surface area contributed by atoms with Crippen LogP contribution >= 0.6 is 0 Å². The second-order valence-electron chi connectivity index (χ2n) is 17.5. The molecular weight excluding hydrogens is 781 g/mol. The van der Waals surface area contributed by atoms with Crippen LogP contribution in [0.4, 0.5) is 0 Å². The van der Waals surface area contributed by atoms with E-state index in [1.165, 1.54) is 81.5 Å². The van der Waals surface area contributed by atoms with Crippen LogP contribution in [0.25, 0.3) is 165 Å². The summed E-state index contributed by atoms with van der Waals surface area (Å²) in [4.78, 5) is 10.6. The number of nitrogens with zero attached hydrogens (tertiary/aromatic N) is 2. The summed E-state index contributed by atoms with van der Waals surface area (Å²) < 4.78 is 13.7. The highest BCUT2D eigenvalue weighted by Crippen LogP contribution is 2.60. The van der Waals surface area contributed by atoms with Crippen molar-refractivity contribution in [2.75, 3.05) is 0 Å². The van der Waals surface area contributed by atoms with E-state index >= 15 is 0 Å². The van der Waals surface area contributed by atoms with E-state index in [1.807, 2.05) is 48.5 Å². The van der Waals surface area contributed by atoms with Gasteiger partial charge in [0.15, 0.2) is 11.2 Å². The lowest BCUT2D eigenvalue weighted by Gasteiger charge is -2.19. The molecule has 4 heteroatoms. The third-order valence-electron chi connectivity index (χ3n) is 14.3. The van der Waals surface area contributed by atoms with Crippen molar-refractivity contribution in [1.29, 1.82) is 0 Å². The maximum Gasteiger partial charge on any atom is 0.228 e. The van der Waals surface area contributed by atoms with Crippen LogP contribution in [0.1, 0.15) is 0 Å². The van der Waals surface area contributed by atoms with E-state index in [1.54, 1.807) is 0 Å². The molecule has 0 saturated carbocycles. The molecule has 0 amide bonds. The number of oxazole rings is 2. The van der Waals surface area contributed by atoms with Crippen LogP contribution in [0.15, 0.2) is 191 Å². The molecule has 0 aliphatic heterocycles. The van der Waals surface area contributed by atoms with E-state index in [0.717, 1.165) is 71.7 Å². The second kappa shape index (κ2) is 11.6. The molecule has 12 aromatic carbocycles. The Morgan fingerprint density at radius 3 is 1.48 bits per heavy atom. The average Bonchev–Trinajstić information content (AvgIpc) is 4.13. The van der Waals surface area contributed by atoms with Crippen LogP contribution in [0, 0.1) is 0 Å². The van der Waals surface area contributed by atoms with E-state index in [9.17, 15) is 0 Å². The van der Waals surface area contributed by atoms with Gasteiger partial charge in [0, 0.05) is 16.5 Å². The van der Waals surface area contributed by atoms with Crippen LogP contribution in [-0.4, -0.2) is 9.97 Å². The van der Waals surface area contributed by atoms with Crippen LogP contribution < -0.4 is 0 Å².